The van der Waals surface area contributed by atoms with E-state index in [1.807, 2.05) is 14.0 Å². The first kappa shape index (κ1) is 9.52. The highest BCUT2D eigenvalue weighted by atomic mass is 16.5. The second-order valence-corrected chi connectivity index (χ2v) is 3.55. The highest BCUT2D eigenvalue weighted by Crippen LogP contribution is 2.21. The number of carbonyl (C=O) groups is 1. The van der Waals surface area contributed by atoms with E-state index in [9.17, 15) is 4.79 Å². The molecular weight excluding hydrogens is 154 g/mol. The van der Waals surface area contributed by atoms with E-state index in [0.717, 1.165) is 13.0 Å². The Balaban J connectivity index is 2.46. The molecule has 0 aromatic heterocycles. The second-order valence-electron chi connectivity index (χ2n) is 3.55. The molecule has 2 atom stereocenters. The molecule has 70 valence electrons. The fraction of sp³-hybridized carbons (Fsp3) is 0.889. The Morgan fingerprint density at radius 3 is 2.75 bits per heavy atom. The zero-order valence-electron chi connectivity index (χ0n) is 8.04. The summed E-state index contributed by atoms with van der Waals surface area (Å²) in [5.41, 5.74) is 0. The summed E-state index contributed by atoms with van der Waals surface area (Å²) >= 11 is 0. The van der Waals surface area contributed by atoms with Gasteiger partial charge in [0, 0.05) is 6.54 Å². The number of esters is 1. The van der Waals surface area contributed by atoms with Gasteiger partial charge in [-0.05, 0) is 26.3 Å². The van der Waals surface area contributed by atoms with Crippen molar-refractivity contribution in [3.8, 4) is 0 Å². The van der Waals surface area contributed by atoms with Crippen molar-refractivity contribution >= 4 is 5.97 Å². The number of likely N-dealkylation sites (N-methyl/N-ethyl adjacent to an activating group) is 1. The van der Waals surface area contributed by atoms with Gasteiger partial charge in [-0.3, -0.25) is 9.69 Å². The van der Waals surface area contributed by atoms with Crippen molar-refractivity contribution < 1.29 is 9.53 Å². The molecule has 1 aliphatic rings. The first-order valence-corrected chi connectivity index (χ1v) is 4.52. The van der Waals surface area contributed by atoms with Gasteiger partial charge < -0.3 is 4.74 Å². The summed E-state index contributed by atoms with van der Waals surface area (Å²) in [6.07, 6.45) is 0.940. The average Bonchev–Trinajstić information content (AvgIpc) is 2.30. The Kier molecular flexibility index (Phi) is 3.09. The Labute approximate surface area is 73.7 Å². The fourth-order valence-electron chi connectivity index (χ4n) is 1.77. The SMILES string of the molecule is CCOC(=O)[C@@H]1C[C@H](C)CN1C. The van der Waals surface area contributed by atoms with Crippen LogP contribution in [0.15, 0.2) is 0 Å². The van der Waals surface area contributed by atoms with Gasteiger partial charge in [0.15, 0.2) is 0 Å². The van der Waals surface area contributed by atoms with Gasteiger partial charge in [-0.25, -0.2) is 0 Å². The minimum absolute atomic E-state index is 0.0000463. The highest BCUT2D eigenvalue weighted by Gasteiger charge is 2.32. The fourth-order valence-corrected chi connectivity index (χ4v) is 1.77. The zero-order valence-corrected chi connectivity index (χ0v) is 8.04. The summed E-state index contributed by atoms with van der Waals surface area (Å²) in [6.45, 7) is 5.49. The minimum Gasteiger partial charge on any atom is -0.465 e. The Bertz CT molecular complexity index is 170. The van der Waals surface area contributed by atoms with Gasteiger partial charge in [0.05, 0.1) is 6.61 Å². The van der Waals surface area contributed by atoms with Gasteiger partial charge in [0.2, 0.25) is 0 Å². The highest BCUT2D eigenvalue weighted by molar-refractivity contribution is 5.76. The van der Waals surface area contributed by atoms with Crippen molar-refractivity contribution in [1.82, 2.24) is 4.90 Å². The van der Waals surface area contributed by atoms with Crippen molar-refractivity contribution in [3.63, 3.8) is 0 Å². The molecular formula is C9H17NO2. The van der Waals surface area contributed by atoms with E-state index in [1.54, 1.807) is 0 Å². The number of rotatable bonds is 2. The van der Waals surface area contributed by atoms with Crippen molar-refractivity contribution in [1.29, 1.82) is 0 Å². The van der Waals surface area contributed by atoms with Crippen LogP contribution < -0.4 is 0 Å². The standard InChI is InChI=1S/C9H17NO2/c1-4-12-9(11)8-5-7(2)6-10(8)3/h7-8H,4-6H2,1-3H3/t7-,8-/m0/s1. The molecule has 3 nitrogen and oxygen atoms in total. The Hall–Kier alpha value is -0.570. The molecule has 3 heteroatoms. The van der Waals surface area contributed by atoms with Gasteiger partial charge in [-0.1, -0.05) is 6.92 Å². The molecule has 1 aliphatic heterocycles. The van der Waals surface area contributed by atoms with E-state index in [2.05, 4.69) is 11.8 Å². The quantitative estimate of drug-likeness (QED) is 0.578. The Morgan fingerprint density at radius 1 is 1.67 bits per heavy atom. The molecule has 0 saturated carbocycles. The first-order valence-electron chi connectivity index (χ1n) is 4.52. The van der Waals surface area contributed by atoms with Crippen LogP contribution in [0.25, 0.3) is 0 Å². The van der Waals surface area contributed by atoms with E-state index in [4.69, 9.17) is 4.74 Å². The number of carbonyl (C=O) groups excluding carboxylic acids is 1. The molecule has 1 heterocycles. The lowest BCUT2D eigenvalue weighted by Gasteiger charge is -2.16. The van der Waals surface area contributed by atoms with Crippen LogP contribution in [-0.2, 0) is 9.53 Å². The number of ether oxygens (including phenoxy) is 1. The average molecular weight is 171 g/mol. The van der Waals surface area contributed by atoms with Gasteiger partial charge >= 0.3 is 5.97 Å². The van der Waals surface area contributed by atoms with Gasteiger partial charge in [-0.2, -0.15) is 0 Å². The van der Waals surface area contributed by atoms with Crippen LogP contribution in [0.5, 0.6) is 0 Å². The van der Waals surface area contributed by atoms with E-state index in [-0.39, 0.29) is 12.0 Å². The summed E-state index contributed by atoms with van der Waals surface area (Å²) in [5, 5.41) is 0. The summed E-state index contributed by atoms with van der Waals surface area (Å²) < 4.78 is 4.96. The van der Waals surface area contributed by atoms with Crippen LogP contribution in [0.3, 0.4) is 0 Å². The third-order valence-corrected chi connectivity index (χ3v) is 2.32. The molecule has 0 aromatic carbocycles. The molecule has 0 aromatic rings. The third-order valence-electron chi connectivity index (χ3n) is 2.32. The molecule has 0 spiro atoms. The van der Waals surface area contributed by atoms with E-state index >= 15 is 0 Å². The van der Waals surface area contributed by atoms with Crippen molar-refractivity contribution in [3.05, 3.63) is 0 Å². The normalized spacial score (nSPS) is 30.6. The summed E-state index contributed by atoms with van der Waals surface area (Å²) in [6, 6.07) is -0.0000463. The lowest BCUT2D eigenvalue weighted by atomic mass is 10.1. The van der Waals surface area contributed by atoms with Crippen molar-refractivity contribution in [2.45, 2.75) is 26.3 Å². The molecule has 1 rings (SSSR count). The zero-order chi connectivity index (χ0) is 9.14. The molecule has 1 fully saturated rings. The Morgan fingerprint density at radius 2 is 2.33 bits per heavy atom. The molecule has 0 amide bonds. The predicted molar refractivity (Wildman–Crippen MR) is 46.8 cm³/mol. The van der Waals surface area contributed by atoms with Crippen LogP contribution in [0.1, 0.15) is 20.3 Å². The molecule has 0 bridgehead atoms. The molecule has 0 aliphatic carbocycles. The summed E-state index contributed by atoms with van der Waals surface area (Å²) in [5.74, 6) is 0.550. The number of hydrogen-bond acceptors (Lipinski definition) is 3. The molecule has 0 N–H and O–H groups in total. The monoisotopic (exact) mass is 171 g/mol. The van der Waals surface area contributed by atoms with Gasteiger partial charge in [0.25, 0.3) is 0 Å². The molecule has 1 saturated heterocycles. The number of nitrogens with zero attached hydrogens (tertiary/aromatic N) is 1. The maximum Gasteiger partial charge on any atom is 0.323 e. The van der Waals surface area contributed by atoms with Gasteiger partial charge in [-0.15, -0.1) is 0 Å². The minimum atomic E-state index is -0.0654. The van der Waals surface area contributed by atoms with Crippen LogP contribution in [0.2, 0.25) is 0 Å². The van der Waals surface area contributed by atoms with Crippen LogP contribution in [0, 0.1) is 5.92 Å². The topological polar surface area (TPSA) is 29.5 Å². The summed E-state index contributed by atoms with van der Waals surface area (Å²) in [7, 11) is 1.98. The maximum atomic E-state index is 11.3. The van der Waals surface area contributed by atoms with Crippen LogP contribution in [-0.4, -0.2) is 37.1 Å². The lowest BCUT2D eigenvalue weighted by Crippen LogP contribution is -2.34. The largest absolute Gasteiger partial charge is 0.465 e. The maximum absolute atomic E-state index is 11.3. The van der Waals surface area contributed by atoms with Crippen LogP contribution in [0.4, 0.5) is 0 Å². The van der Waals surface area contributed by atoms with Crippen LogP contribution >= 0.6 is 0 Å². The second kappa shape index (κ2) is 3.90. The first-order chi connectivity index (χ1) is 5.65. The smallest absolute Gasteiger partial charge is 0.323 e. The van der Waals surface area contributed by atoms with Gasteiger partial charge in [0.1, 0.15) is 6.04 Å². The predicted octanol–water partition coefficient (Wildman–Crippen LogP) is 0.890. The summed E-state index contributed by atoms with van der Waals surface area (Å²) in [4.78, 5) is 13.4. The molecule has 0 unspecified atom stereocenters. The van der Waals surface area contributed by atoms with E-state index in [0.29, 0.717) is 12.5 Å². The van der Waals surface area contributed by atoms with Crippen molar-refractivity contribution in [2.24, 2.45) is 5.92 Å². The lowest BCUT2D eigenvalue weighted by molar-refractivity contribution is -0.147. The van der Waals surface area contributed by atoms with E-state index < -0.39 is 0 Å². The molecule has 0 radical (unpaired) electrons. The number of likely N-dealkylation sites (tertiary alicyclic amines) is 1. The molecule has 12 heavy (non-hydrogen) atoms. The van der Waals surface area contributed by atoms with E-state index in [1.165, 1.54) is 0 Å². The number of hydrogen-bond donors (Lipinski definition) is 0. The third kappa shape index (κ3) is 1.97. The van der Waals surface area contributed by atoms with Crippen molar-refractivity contribution in [2.75, 3.05) is 20.2 Å².